The number of ketones is 1. The number of nitrogens with zero attached hydrogens (tertiary/aromatic N) is 1. The summed E-state index contributed by atoms with van der Waals surface area (Å²) < 4.78 is 0. The Hall–Kier alpha value is -0.410. The van der Waals surface area contributed by atoms with Crippen molar-refractivity contribution in [2.45, 2.75) is 32.6 Å². The summed E-state index contributed by atoms with van der Waals surface area (Å²) in [4.78, 5) is 12.8. The molecule has 0 aromatic rings. The number of hydrogen-bond donors (Lipinski definition) is 1. The van der Waals surface area contributed by atoms with E-state index in [1.54, 1.807) is 6.92 Å². The van der Waals surface area contributed by atoms with Crippen molar-refractivity contribution in [3.63, 3.8) is 0 Å². The minimum Gasteiger partial charge on any atom is -0.396 e. The lowest BCUT2D eigenvalue weighted by Gasteiger charge is -2.14. The van der Waals surface area contributed by atoms with Gasteiger partial charge >= 0.3 is 0 Å². The van der Waals surface area contributed by atoms with Crippen LogP contribution in [0.4, 0.5) is 0 Å². The maximum atomic E-state index is 10.7. The maximum Gasteiger partial charge on any atom is 0.131 e. The maximum absolute atomic E-state index is 10.7. The highest BCUT2D eigenvalue weighted by Crippen LogP contribution is 1.97. The predicted octanol–water partition coefficient (Wildman–Crippen LogP) is 1.06. The normalized spacial score (nSPS) is 10.8. The van der Waals surface area contributed by atoms with Crippen LogP contribution in [-0.4, -0.2) is 42.5 Å². The quantitative estimate of drug-likeness (QED) is 0.578. The monoisotopic (exact) mass is 187 g/mol. The molecule has 0 aromatic heterocycles. The molecule has 0 spiro atoms. The topological polar surface area (TPSA) is 40.5 Å². The van der Waals surface area contributed by atoms with Gasteiger partial charge in [-0.25, -0.2) is 0 Å². The third-order valence-electron chi connectivity index (χ3n) is 2.04. The molecule has 3 nitrogen and oxygen atoms in total. The first-order valence-electron chi connectivity index (χ1n) is 4.95. The van der Waals surface area contributed by atoms with Gasteiger partial charge in [-0.3, -0.25) is 4.79 Å². The Balaban J connectivity index is 3.19. The standard InChI is InChI=1S/C10H21NO2/c1-10(13)6-8-11(2)7-4-3-5-9-12/h12H,3-9H2,1-2H3. The van der Waals surface area contributed by atoms with Crippen LogP contribution in [-0.2, 0) is 4.79 Å². The molecule has 0 aliphatic heterocycles. The average Bonchev–Trinajstić information content (AvgIpc) is 2.09. The van der Waals surface area contributed by atoms with Gasteiger partial charge in [-0.2, -0.15) is 0 Å². The lowest BCUT2D eigenvalue weighted by molar-refractivity contribution is -0.117. The summed E-state index contributed by atoms with van der Waals surface area (Å²) in [5.41, 5.74) is 0. The highest BCUT2D eigenvalue weighted by Gasteiger charge is 1.99. The lowest BCUT2D eigenvalue weighted by Crippen LogP contribution is -2.22. The molecule has 0 heterocycles. The summed E-state index contributed by atoms with van der Waals surface area (Å²) in [5.74, 6) is 0.252. The second-order valence-electron chi connectivity index (χ2n) is 3.54. The first-order chi connectivity index (χ1) is 6.16. The molecule has 0 aliphatic carbocycles. The molecule has 0 bridgehead atoms. The van der Waals surface area contributed by atoms with Crippen LogP contribution in [0.25, 0.3) is 0 Å². The third kappa shape index (κ3) is 9.50. The molecular weight excluding hydrogens is 166 g/mol. The first kappa shape index (κ1) is 12.6. The van der Waals surface area contributed by atoms with Gasteiger partial charge in [-0.05, 0) is 39.8 Å². The van der Waals surface area contributed by atoms with Gasteiger partial charge in [0.05, 0.1) is 0 Å². The van der Waals surface area contributed by atoms with Gasteiger partial charge in [0.15, 0.2) is 0 Å². The van der Waals surface area contributed by atoms with Crippen LogP contribution < -0.4 is 0 Å². The summed E-state index contributed by atoms with van der Waals surface area (Å²) >= 11 is 0. The first-order valence-corrected chi connectivity index (χ1v) is 4.95. The van der Waals surface area contributed by atoms with E-state index in [9.17, 15) is 4.79 Å². The predicted molar refractivity (Wildman–Crippen MR) is 53.7 cm³/mol. The van der Waals surface area contributed by atoms with Crippen LogP contribution in [0.5, 0.6) is 0 Å². The van der Waals surface area contributed by atoms with Gasteiger partial charge < -0.3 is 10.0 Å². The number of carbonyl (C=O) groups is 1. The van der Waals surface area contributed by atoms with Gasteiger partial charge in [0, 0.05) is 19.6 Å². The molecule has 3 heteroatoms. The number of hydrogen-bond acceptors (Lipinski definition) is 3. The molecule has 0 saturated carbocycles. The largest absolute Gasteiger partial charge is 0.396 e. The summed E-state index contributed by atoms with van der Waals surface area (Å²) in [6, 6.07) is 0. The summed E-state index contributed by atoms with van der Waals surface area (Å²) in [6.07, 6.45) is 3.72. The van der Waals surface area contributed by atoms with Gasteiger partial charge in [0.2, 0.25) is 0 Å². The van der Waals surface area contributed by atoms with E-state index >= 15 is 0 Å². The fourth-order valence-electron chi connectivity index (χ4n) is 1.13. The van der Waals surface area contributed by atoms with Crippen molar-refractivity contribution in [3.8, 4) is 0 Å². The second kappa shape index (κ2) is 8.20. The van der Waals surface area contributed by atoms with Gasteiger partial charge in [0.25, 0.3) is 0 Å². The van der Waals surface area contributed by atoms with Crippen molar-refractivity contribution in [1.29, 1.82) is 0 Å². The van der Waals surface area contributed by atoms with Crippen molar-refractivity contribution >= 4 is 5.78 Å². The zero-order valence-electron chi connectivity index (χ0n) is 8.75. The van der Waals surface area contributed by atoms with E-state index in [2.05, 4.69) is 4.90 Å². The highest BCUT2D eigenvalue weighted by molar-refractivity contribution is 5.75. The van der Waals surface area contributed by atoms with Crippen LogP contribution in [0.1, 0.15) is 32.6 Å². The van der Waals surface area contributed by atoms with Crippen molar-refractivity contribution in [3.05, 3.63) is 0 Å². The van der Waals surface area contributed by atoms with E-state index in [0.29, 0.717) is 6.42 Å². The number of carbonyl (C=O) groups excluding carboxylic acids is 1. The zero-order chi connectivity index (χ0) is 10.1. The minimum absolute atomic E-state index is 0.252. The number of unbranched alkanes of at least 4 members (excludes halogenated alkanes) is 2. The van der Waals surface area contributed by atoms with E-state index in [4.69, 9.17) is 5.11 Å². The van der Waals surface area contributed by atoms with E-state index in [0.717, 1.165) is 32.4 Å². The molecule has 0 rings (SSSR count). The molecule has 0 aliphatic rings. The highest BCUT2D eigenvalue weighted by atomic mass is 16.2. The number of aliphatic hydroxyl groups is 1. The number of aliphatic hydroxyl groups excluding tert-OH is 1. The van der Waals surface area contributed by atoms with Crippen molar-refractivity contribution < 1.29 is 9.90 Å². The van der Waals surface area contributed by atoms with E-state index in [-0.39, 0.29) is 12.4 Å². The fourth-order valence-corrected chi connectivity index (χ4v) is 1.13. The zero-order valence-corrected chi connectivity index (χ0v) is 8.75. The molecule has 0 amide bonds. The Morgan fingerprint density at radius 1 is 1.23 bits per heavy atom. The average molecular weight is 187 g/mol. The van der Waals surface area contributed by atoms with Crippen LogP contribution >= 0.6 is 0 Å². The summed E-state index contributed by atoms with van der Waals surface area (Å²) in [7, 11) is 2.03. The molecule has 1 N–H and O–H groups in total. The molecule has 0 unspecified atom stereocenters. The van der Waals surface area contributed by atoms with E-state index in [1.807, 2.05) is 7.05 Å². The van der Waals surface area contributed by atoms with E-state index in [1.165, 1.54) is 0 Å². The van der Waals surface area contributed by atoms with Crippen molar-refractivity contribution in [1.82, 2.24) is 4.90 Å². The van der Waals surface area contributed by atoms with E-state index < -0.39 is 0 Å². The second-order valence-corrected chi connectivity index (χ2v) is 3.54. The Bertz CT molecular complexity index is 137. The minimum atomic E-state index is 0.252. The molecule has 13 heavy (non-hydrogen) atoms. The van der Waals surface area contributed by atoms with Crippen LogP contribution in [0, 0.1) is 0 Å². The molecule has 0 saturated heterocycles. The SMILES string of the molecule is CC(=O)CCN(C)CCCCCO. The van der Waals surface area contributed by atoms with Gasteiger partial charge in [0.1, 0.15) is 5.78 Å². The van der Waals surface area contributed by atoms with Gasteiger partial charge in [-0.1, -0.05) is 0 Å². The fraction of sp³-hybridized carbons (Fsp3) is 0.900. The van der Waals surface area contributed by atoms with Crippen molar-refractivity contribution in [2.75, 3.05) is 26.7 Å². The number of Topliss-reactive ketones (excluding diaryl/α,β-unsaturated/α-hetero) is 1. The molecule has 0 atom stereocenters. The Labute approximate surface area is 80.7 Å². The Kier molecular flexibility index (Phi) is 7.94. The van der Waals surface area contributed by atoms with Crippen LogP contribution in [0.2, 0.25) is 0 Å². The molecule has 0 radical (unpaired) electrons. The molecule has 0 fully saturated rings. The van der Waals surface area contributed by atoms with Crippen LogP contribution in [0.15, 0.2) is 0 Å². The van der Waals surface area contributed by atoms with Gasteiger partial charge in [-0.15, -0.1) is 0 Å². The lowest BCUT2D eigenvalue weighted by atomic mass is 10.2. The van der Waals surface area contributed by atoms with Crippen LogP contribution in [0.3, 0.4) is 0 Å². The molecule has 78 valence electrons. The molecular formula is C10H21NO2. The Morgan fingerprint density at radius 2 is 1.92 bits per heavy atom. The smallest absolute Gasteiger partial charge is 0.131 e. The number of rotatable bonds is 8. The third-order valence-corrected chi connectivity index (χ3v) is 2.04. The summed E-state index contributed by atoms with van der Waals surface area (Å²) in [5, 5.41) is 8.55. The molecule has 0 aromatic carbocycles. The van der Waals surface area contributed by atoms with Crippen molar-refractivity contribution in [2.24, 2.45) is 0 Å². The Morgan fingerprint density at radius 3 is 2.46 bits per heavy atom. The summed E-state index contributed by atoms with van der Waals surface area (Å²) in [6.45, 7) is 3.79.